The fourth-order valence-corrected chi connectivity index (χ4v) is 5.40. The van der Waals surface area contributed by atoms with Crippen molar-refractivity contribution in [1.82, 2.24) is 5.32 Å². The van der Waals surface area contributed by atoms with Gasteiger partial charge in [-0.05, 0) is 87.9 Å². The summed E-state index contributed by atoms with van der Waals surface area (Å²) in [5.74, 6) is 1.37. The number of carbonyl (C=O) groups excluding carboxylic acids is 1. The number of aliphatic imine (C=N–C) groups is 1. The zero-order valence-electron chi connectivity index (χ0n) is 21.3. The van der Waals surface area contributed by atoms with E-state index in [0.717, 1.165) is 47.0 Å². The molecule has 184 valence electrons. The summed E-state index contributed by atoms with van der Waals surface area (Å²) in [5, 5.41) is 3.42. The van der Waals surface area contributed by atoms with Crippen LogP contribution in [0.15, 0.2) is 52.4 Å². The van der Waals surface area contributed by atoms with Gasteiger partial charge in [-0.2, -0.15) is 0 Å². The lowest BCUT2D eigenvalue weighted by atomic mass is 9.87. The molecule has 35 heavy (non-hydrogen) atoms. The first-order valence-electron chi connectivity index (χ1n) is 12.0. The molecule has 2 aromatic rings. The molecule has 1 amide bonds. The van der Waals surface area contributed by atoms with E-state index in [1.165, 1.54) is 17.3 Å². The summed E-state index contributed by atoms with van der Waals surface area (Å²) in [4.78, 5) is 20.3. The maximum atomic E-state index is 12.7. The van der Waals surface area contributed by atoms with E-state index in [9.17, 15) is 4.79 Å². The van der Waals surface area contributed by atoms with Gasteiger partial charge < -0.3 is 19.7 Å². The molecule has 2 aliphatic heterocycles. The molecule has 2 aliphatic rings. The van der Waals surface area contributed by atoms with E-state index >= 15 is 0 Å². The van der Waals surface area contributed by atoms with Gasteiger partial charge in [0.05, 0.1) is 29.8 Å². The third-order valence-electron chi connectivity index (χ3n) is 6.09. The molecular weight excluding hydrogens is 458 g/mol. The van der Waals surface area contributed by atoms with Crippen molar-refractivity contribution in [1.29, 1.82) is 0 Å². The van der Waals surface area contributed by atoms with Gasteiger partial charge in [-0.25, -0.2) is 4.99 Å². The van der Waals surface area contributed by atoms with E-state index < -0.39 is 0 Å². The molecule has 1 N–H and O–H groups in total. The Morgan fingerprint density at radius 3 is 2.57 bits per heavy atom. The standard InChI is InChI=1S/C28H33N3O3S/c1-7-13-31-23-16-24(33-6)19(14-22(23)18(3)17-28(31,4)5)15-25-26(32)30-27(35-25)29-20-9-11-21(12-10-20)34-8-2/h9-12,14-17H,7-8,13H2,1-6H3,(H,29,30,32)/b25-15+. The van der Waals surface area contributed by atoms with Crippen molar-refractivity contribution >= 4 is 45.9 Å². The molecule has 0 radical (unpaired) electrons. The largest absolute Gasteiger partial charge is 0.496 e. The lowest BCUT2D eigenvalue weighted by Crippen LogP contribution is -2.45. The average Bonchev–Trinajstić information content (AvgIpc) is 3.16. The summed E-state index contributed by atoms with van der Waals surface area (Å²) in [5.41, 5.74) is 5.10. The number of allylic oxidation sites excluding steroid dienone is 1. The molecule has 0 saturated carbocycles. The van der Waals surface area contributed by atoms with E-state index in [-0.39, 0.29) is 11.4 Å². The number of hydrogen-bond donors (Lipinski definition) is 1. The molecule has 1 saturated heterocycles. The van der Waals surface area contributed by atoms with Crippen molar-refractivity contribution in [2.24, 2.45) is 4.99 Å². The minimum atomic E-state index is -0.166. The number of amides is 1. The molecule has 0 bridgehead atoms. The van der Waals surface area contributed by atoms with Crippen LogP contribution in [0.3, 0.4) is 0 Å². The number of methoxy groups -OCH3 is 1. The van der Waals surface area contributed by atoms with Crippen LogP contribution in [0.1, 0.15) is 52.2 Å². The Morgan fingerprint density at radius 2 is 1.91 bits per heavy atom. The molecule has 0 atom stereocenters. The predicted octanol–water partition coefficient (Wildman–Crippen LogP) is 6.40. The molecule has 0 spiro atoms. The maximum Gasteiger partial charge on any atom is 0.264 e. The summed E-state index contributed by atoms with van der Waals surface area (Å²) in [6.07, 6.45) is 5.25. The summed E-state index contributed by atoms with van der Waals surface area (Å²) < 4.78 is 11.2. The van der Waals surface area contributed by atoms with Gasteiger partial charge in [0.1, 0.15) is 11.5 Å². The van der Waals surface area contributed by atoms with Crippen molar-refractivity contribution in [3.8, 4) is 11.5 Å². The molecule has 2 aromatic carbocycles. The summed E-state index contributed by atoms with van der Waals surface area (Å²) in [7, 11) is 1.67. The van der Waals surface area contributed by atoms with Crippen LogP contribution in [0.4, 0.5) is 11.4 Å². The van der Waals surface area contributed by atoms with Crippen LogP contribution >= 0.6 is 11.8 Å². The zero-order valence-corrected chi connectivity index (χ0v) is 22.1. The SMILES string of the molecule is CCCN1c2cc(OC)c(/C=C3/SC(=Nc4ccc(OCC)cc4)NC3=O)cc2C(C)=CC1(C)C. The van der Waals surface area contributed by atoms with Gasteiger partial charge in [-0.1, -0.05) is 13.0 Å². The number of anilines is 1. The molecule has 6 nitrogen and oxygen atoms in total. The van der Waals surface area contributed by atoms with E-state index in [4.69, 9.17) is 9.47 Å². The minimum Gasteiger partial charge on any atom is -0.496 e. The number of thioether (sulfide) groups is 1. The third-order valence-corrected chi connectivity index (χ3v) is 7.00. The van der Waals surface area contributed by atoms with Crippen molar-refractivity contribution in [3.63, 3.8) is 0 Å². The molecule has 4 rings (SSSR count). The van der Waals surface area contributed by atoms with E-state index in [0.29, 0.717) is 16.7 Å². The number of amidine groups is 1. The van der Waals surface area contributed by atoms with E-state index in [1.807, 2.05) is 37.3 Å². The topological polar surface area (TPSA) is 63.2 Å². The van der Waals surface area contributed by atoms with Crippen LogP contribution in [-0.4, -0.2) is 36.9 Å². The van der Waals surface area contributed by atoms with Crippen LogP contribution in [0.25, 0.3) is 11.6 Å². The van der Waals surface area contributed by atoms with Crippen LogP contribution < -0.4 is 19.7 Å². The first-order valence-corrected chi connectivity index (χ1v) is 12.8. The van der Waals surface area contributed by atoms with Crippen LogP contribution in [0, 0.1) is 0 Å². The average molecular weight is 492 g/mol. The number of benzene rings is 2. The molecule has 0 aliphatic carbocycles. The predicted molar refractivity (Wildman–Crippen MR) is 147 cm³/mol. The highest BCUT2D eigenvalue weighted by Crippen LogP contribution is 2.43. The molecule has 0 aromatic heterocycles. The Bertz CT molecular complexity index is 1210. The molecular formula is C28H33N3O3S. The molecule has 1 fully saturated rings. The second kappa shape index (κ2) is 10.2. The van der Waals surface area contributed by atoms with Crippen molar-refractivity contribution in [3.05, 3.63) is 58.5 Å². The van der Waals surface area contributed by atoms with Crippen LogP contribution in [-0.2, 0) is 4.79 Å². The van der Waals surface area contributed by atoms with Crippen molar-refractivity contribution < 1.29 is 14.3 Å². The molecule has 7 heteroatoms. The van der Waals surface area contributed by atoms with E-state index in [2.05, 4.69) is 61.1 Å². The lowest BCUT2D eigenvalue weighted by Gasteiger charge is -2.43. The summed E-state index contributed by atoms with van der Waals surface area (Å²) >= 11 is 1.33. The quantitative estimate of drug-likeness (QED) is 0.454. The fraction of sp³-hybridized carbons (Fsp3) is 0.357. The monoisotopic (exact) mass is 491 g/mol. The third kappa shape index (κ3) is 5.25. The molecule has 0 unspecified atom stereocenters. The Balaban J connectivity index is 1.65. The minimum absolute atomic E-state index is 0.0779. The number of hydrogen-bond acceptors (Lipinski definition) is 6. The number of carbonyl (C=O) groups is 1. The first kappa shape index (κ1) is 24.9. The van der Waals surface area contributed by atoms with Crippen LogP contribution in [0.5, 0.6) is 11.5 Å². The Kier molecular flexibility index (Phi) is 7.26. The fourth-order valence-electron chi connectivity index (χ4n) is 4.57. The maximum absolute atomic E-state index is 12.7. The van der Waals surface area contributed by atoms with Gasteiger partial charge >= 0.3 is 0 Å². The second-order valence-corrected chi connectivity index (χ2v) is 10.2. The highest BCUT2D eigenvalue weighted by molar-refractivity contribution is 8.18. The molecule has 2 heterocycles. The number of nitrogens with one attached hydrogen (secondary N) is 1. The zero-order chi connectivity index (χ0) is 25.2. The number of fused-ring (bicyclic) bond motifs is 1. The summed E-state index contributed by atoms with van der Waals surface area (Å²) in [6.45, 7) is 12.3. The van der Waals surface area contributed by atoms with Crippen LogP contribution in [0.2, 0.25) is 0 Å². The van der Waals surface area contributed by atoms with E-state index in [1.54, 1.807) is 7.11 Å². The summed E-state index contributed by atoms with van der Waals surface area (Å²) in [6, 6.07) is 11.7. The number of ether oxygens (including phenoxy) is 2. The smallest absolute Gasteiger partial charge is 0.264 e. The number of rotatable bonds is 7. The Morgan fingerprint density at radius 1 is 1.17 bits per heavy atom. The normalized spacial score (nSPS) is 19.0. The highest BCUT2D eigenvalue weighted by Gasteiger charge is 2.32. The van der Waals surface area contributed by atoms with Gasteiger partial charge in [-0.15, -0.1) is 0 Å². The Labute approximate surface area is 212 Å². The second-order valence-electron chi connectivity index (χ2n) is 9.15. The van der Waals surface area contributed by atoms with Gasteiger partial charge in [-0.3, -0.25) is 4.79 Å². The van der Waals surface area contributed by atoms with Crippen molar-refractivity contribution in [2.45, 2.75) is 46.6 Å². The van der Waals surface area contributed by atoms with Gasteiger partial charge in [0.25, 0.3) is 5.91 Å². The Hall–Kier alpha value is -3.19. The number of nitrogens with zero attached hydrogens (tertiary/aromatic N) is 2. The lowest BCUT2D eigenvalue weighted by molar-refractivity contribution is -0.115. The first-order chi connectivity index (χ1) is 16.7. The highest BCUT2D eigenvalue weighted by atomic mass is 32.2. The van der Waals surface area contributed by atoms with Gasteiger partial charge in [0.2, 0.25) is 0 Å². The van der Waals surface area contributed by atoms with Gasteiger partial charge in [0, 0.05) is 29.4 Å². The van der Waals surface area contributed by atoms with Crippen molar-refractivity contribution in [2.75, 3.05) is 25.2 Å². The van der Waals surface area contributed by atoms with Gasteiger partial charge in [0.15, 0.2) is 5.17 Å².